The number of aromatic amines is 1. The van der Waals surface area contributed by atoms with Gasteiger partial charge in [0.15, 0.2) is 0 Å². The maximum atomic E-state index is 10.0. The van der Waals surface area contributed by atoms with E-state index in [4.69, 9.17) is 5.11 Å². The molecule has 1 aromatic heterocycles. The van der Waals surface area contributed by atoms with E-state index in [9.17, 15) is 25.5 Å². The largest absolute Gasteiger partial charge is 0.394 e. The lowest BCUT2D eigenvalue weighted by molar-refractivity contribution is -0.142. The molecular weight excluding hydrogens is 280 g/mol. The highest BCUT2D eigenvalue weighted by Crippen LogP contribution is 2.21. The summed E-state index contributed by atoms with van der Waals surface area (Å²) >= 11 is 0. The Balaban J connectivity index is 2.16. The molecule has 0 unspecified atom stereocenters. The SMILES string of the molecule is OC[C@@H](O)[C@H](O)[C@H](O)[C@@H](O)[C@@H](O)c1nc2ccccc2[nH]1. The van der Waals surface area contributed by atoms with Crippen LogP contribution in [-0.4, -0.2) is 71.6 Å². The minimum atomic E-state index is -1.85. The molecule has 0 saturated carbocycles. The topological polar surface area (TPSA) is 150 Å². The summed E-state index contributed by atoms with van der Waals surface area (Å²) in [5, 5.41) is 57.1. The van der Waals surface area contributed by atoms with E-state index in [1.165, 1.54) is 0 Å². The third-order valence-corrected chi connectivity index (χ3v) is 3.29. The molecule has 116 valence electrons. The number of aliphatic hydroxyl groups excluding tert-OH is 6. The number of hydrogen-bond donors (Lipinski definition) is 7. The minimum absolute atomic E-state index is 0.0217. The van der Waals surface area contributed by atoms with Gasteiger partial charge < -0.3 is 35.6 Å². The molecule has 0 bridgehead atoms. The van der Waals surface area contributed by atoms with Crippen molar-refractivity contribution in [2.45, 2.75) is 30.5 Å². The number of nitrogens with one attached hydrogen (secondary N) is 1. The Labute approximate surface area is 119 Å². The number of rotatable bonds is 6. The van der Waals surface area contributed by atoms with Crippen molar-refractivity contribution in [2.75, 3.05) is 6.61 Å². The van der Waals surface area contributed by atoms with E-state index in [2.05, 4.69) is 9.97 Å². The number of H-pyrrole nitrogens is 1. The van der Waals surface area contributed by atoms with E-state index in [0.717, 1.165) is 0 Å². The summed E-state index contributed by atoms with van der Waals surface area (Å²) in [4.78, 5) is 6.86. The Morgan fingerprint density at radius 3 is 2.24 bits per heavy atom. The number of fused-ring (bicyclic) bond motifs is 1. The molecule has 0 radical (unpaired) electrons. The summed E-state index contributed by atoms with van der Waals surface area (Å²) in [6.45, 7) is -0.786. The van der Waals surface area contributed by atoms with Crippen LogP contribution in [-0.2, 0) is 0 Å². The van der Waals surface area contributed by atoms with Crippen LogP contribution in [0.5, 0.6) is 0 Å². The van der Waals surface area contributed by atoms with Crippen LogP contribution in [0.4, 0.5) is 0 Å². The van der Waals surface area contributed by atoms with Gasteiger partial charge in [-0.3, -0.25) is 0 Å². The Bertz CT molecular complexity index is 556. The van der Waals surface area contributed by atoms with Gasteiger partial charge in [0.05, 0.1) is 17.6 Å². The summed E-state index contributed by atoms with van der Waals surface area (Å²) in [5.41, 5.74) is 1.22. The quantitative estimate of drug-likeness (QED) is 0.327. The fourth-order valence-electron chi connectivity index (χ4n) is 2.00. The smallest absolute Gasteiger partial charge is 0.140 e. The van der Waals surface area contributed by atoms with Crippen molar-refractivity contribution in [3.63, 3.8) is 0 Å². The first kappa shape index (κ1) is 15.8. The Hall–Kier alpha value is -1.55. The average molecular weight is 298 g/mol. The first-order valence-corrected chi connectivity index (χ1v) is 6.41. The van der Waals surface area contributed by atoms with Crippen molar-refractivity contribution in [1.29, 1.82) is 0 Å². The van der Waals surface area contributed by atoms with Crippen LogP contribution in [0.1, 0.15) is 11.9 Å². The number of imidazole rings is 1. The summed E-state index contributed by atoms with van der Waals surface area (Å²) in [7, 11) is 0. The van der Waals surface area contributed by atoms with Gasteiger partial charge in [-0.05, 0) is 12.1 Å². The molecule has 0 aliphatic rings. The highest BCUT2D eigenvalue weighted by atomic mass is 16.4. The number of aliphatic hydroxyl groups is 6. The summed E-state index contributed by atoms with van der Waals surface area (Å²) in [6, 6.07) is 6.95. The molecule has 0 spiro atoms. The van der Waals surface area contributed by atoms with Crippen molar-refractivity contribution in [1.82, 2.24) is 9.97 Å². The number of benzene rings is 1. The first-order valence-electron chi connectivity index (χ1n) is 6.41. The van der Waals surface area contributed by atoms with Gasteiger partial charge in [-0.25, -0.2) is 4.98 Å². The Kier molecular flexibility index (Phi) is 4.88. The van der Waals surface area contributed by atoms with Gasteiger partial charge in [0.25, 0.3) is 0 Å². The lowest BCUT2D eigenvalue weighted by Gasteiger charge is -2.27. The van der Waals surface area contributed by atoms with E-state index in [1.54, 1.807) is 24.3 Å². The number of para-hydroxylation sites is 2. The van der Waals surface area contributed by atoms with Crippen LogP contribution in [0.25, 0.3) is 11.0 Å². The molecule has 7 N–H and O–H groups in total. The van der Waals surface area contributed by atoms with E-state index in [1.807, 2.05) is 0 Å². The van der Waals surface area contributed by atoms with E-state index >= 15 is 0 Å². The zero-order valence-corrected chi connectivity index (χ0v) is 11.0. The molecule has 21 heavy (non-hydrogen) atoms. The predicted molar refractivity (Wildman–Crippen MR) is 72.2 cm³/mol. The Morgan fingerprint density at radius 2 is 1.62 bits per heavy atom. The second kappa shape index (κ2) is 6.48. The third-order valence-electron chi connectivity index (χ3n) is 3.29. The normalized spacial score (nSPS) is 19.1. The molecule has 0 saturated heterocycles. The molecule has 2 aromatic rings. The summed E-state index contributed by atoms with van der Waals surface area (Å²) in [5.74, 6) is 0.0217. The fraction of sp³-hybridized carbons (Fsp3) is 0.462. The number of hydrogen-bond acceptors (Lipinski definition) is 7. The Morgan fingerprint density at radius 1 is 0.952 bits per heavy atom. The molecule has 2 rings (SSSR count). The number of aromatic nitrogens is 2. The van der Waals surface area contributed by atoms with Crippen molar-refractivity contribution in [3.8, 4) is 0 Å². The van der Waals surface area contributed by atoms with Crippen molar-refractivity contribution >= 4 is 11.0 Å². The summed E-state index contributed by atoms with van der Waals surface area (Å²) < 4.78 is 0. The van der Waals surface area contributed by atoms with E-state index < -0.39 is 37.1 Å². The molecule has 0 aliphatic heterocycles. The lowest BCUT2D eigenvalue weighted by atomic mass is 9.99. The molecule has 8 heteroatoms. The average Bonchev–Trinajstić information content (AvgIpc) is 2.95. The lowest BCUT2D eigenvalue weighted by Crippen LogP contribution is -2.47. The maximum absolute atomic E-state index is 10.0. The zero-order valence-electron chi connectivity index (χ0n) is 11.0. The van der Waals surface area contributed by atoms with Crippen molar-refractivity contribution in [3.05, 3.63) is 30.1 Å². The van der Waals surface area contributed by atoms with Gasteiger partial charge in [-0.2, -0.15) is 0 Å². The maximum Gasteiger partial charge on any atom is 0.140 e. The van der Waals surface area contributed by atoms with Crippen LogP contribution >= 0.6 is 0 Å². The highest BCUT2D eigenvalue weighted by molar-refractivity contribution is 5.74. The minimum Gasteiger partial charge on any atom is -0.394 e. The second-order valence-corrected chi connectivity index (χ2v) is 4.81. The molecule has 0 amide bonds. The van der Waals surface area contributed by atoms with Crippen LogP contribution in [0.2, 0.25) is 0 Å². The van der Waals surface area contributed by atoms with Crippen LogP contribution < -0.4 is 0 Å². The van der Waals surface area contributed by atoms with Gasteiger partial charge in [0.1, 0.15) is 36.3 Å². The fourth-order valence-corrected chi connectivity index (χ4v) is 2.00. The molecule has 0 fully saturated rings. The zero-order chi connectivity index (χ0) is 15.6. The van der Waals surface area contributed by atoms with Gasteiger partial charge in [-0.15, -0.1) is 0 Å². The third kappa shape index (κ3) is 3.21. The standard InChI is InChI=1S/C13H18N2O6/c16-5-8(17)9(18)10(19)11(20)12(21)13-14-6-3-1-2-4-7(6)15-13/h1-4,8-12,16-21H,5H2,(H,14,15)/t8-,9+,10+,11-,12-/m1/s1. The van der Waals surface area contributed by atoms with Crippen LogP contribution in [0.15, 0.2) is 24.3 Å². The van der Waals surface area contributed by atoms with Crippen LogP contribution in [0, 0.1) is 0 Å². The number of nitrogens with zero attached hydrogens (tertiary/aromatic N) is 1. The molecule has 1 aromatic carbocycles. The molecule has 8 nitrogen and oxygen atoms in total. The van der Waals surface area contributed by atoms with Gasteiger partial charge >= 0.3 is 0 Å². The van der Waals surface area contributed by atoms with Crippen molar-refractivity contribution < 1.29 is 30.6 Å². The second-order valence-electron chi connectivity index (χ2n) is 4.81. The molecule has 5 atom stereocenters. The molecular formula is C13H18N2O6. The van der Waals surface area contributed by atoms with E-state index in [-0.39, 0.29) is 5.82 Å². The van der Waals surface area contributed by atoms with Gasteiger partial charge in [-0.1, -0.05) is 12.1 Å². The van der Waals surface area contributed by atoms with Gasteiger partial charge in [0.2, 0.25) is 0 Å². The highest BCUT2D eigenvalue weighted by Gasteiger charge is 2.35. The van der Waals surface area contributed by atoms with Crippen molar-refractivity contribution in [2.24, 2.45) is 0 Å². The monoisotopic (exact) mass is 298 g/mol. The van der Waals surface area contributed by atoms with Crippen LogP contribution in [0.3, 0.4) is 0 Å². The van der Waals surface area contributed by atoms with E-state index in [0.29, 0.717) is 11.0 Å². The molecule has 1 heterocycles. The summed E-state index contributed by atoms with van der Waals surface area (Å²) in [6.07, 6.45) is -8.66. The predicted octanol–water partition coefficient (Wildman–Crippen LogP) is -1.97. The molecule has 0 aliphatic carbocycles. The van der Waals surface area contributed by atoms with Gasteiger partial charge in [0, 0.05) is 0 Å². The first-order chi connectivity index (χ1) is 9.95.